The van der Waals surface area contributed by atoms with E-state index in [1.165, 1.54) is 36.0 Å². The summed E-state index contributed by atoms with van der Waals surface area (Å²) in [6.45, 7) is 3.81. The van der Waals surface area contributed by atoms with Crippen molar-refractivity contribution >= 4 is 52.3 Å². The molecule has 3 N–H and O–H groups in total. The summed E-state index contributed by atoms with van der Waals surface area (Å²) in [6.07, 6.45) is 12.3. The number of cyclic esters (lactones) is 1. The van der Waals surface area contributed by atoms with E-state index in [1.807, 2.05) is 36.6 Å². The summed E-state index contributed by atoms with van der Waals surface area (Å²) >= 11 is 2.70. The first-order valence-corrected chi connectivity index (χ1v) is 18.6. The highest BCUT2D eigenvalue weighted by Gasteiger charge is 2.28. The van der Waals surface area contributed by atoms with Gasteiger partial charge in [-0.2, -0.15) is 0 Å². The molecule has 0 spiro atoms. The summed E-state index contributed by atoms with van der Waals surface area (Å²) in [5, 5.41) is 8.29. The normalized spacial score (nSPS) is 18.7. The largest absolute Gasteiger partial charge is 0.456 e. The van der Waals surface area contributed by atoms with E-state index >= 15 is 0 Å². The van der Waals surface area contributed by atoms with Crippen molar-refractivity contribution in [2.75, 3.05) is 12.0 Å². The van der Waals surface area contributed by atoms with Crippen LogP contribution in [0.3, 0.4) is 0 Å². The zero-order valence-electron chi connectivity index (χ0n) is 27.9. The number of hydrogen-bond donors (Lipinski definition) is 3. The van der Waals surface area contributed by atoms with E-state index < -0.39 is 29.9 Å². The van der Waals surface area contributed by atoms with Gasteiger partial charge in [0.1, 0.15) is 23.5 Å². The maximum Gasteiger partial charge on any atom is 0.329 e. The van der Waals surface area contributed by atoms with Gasteiger partial charge in [-0.3, -0.25) is 19.2 Å². The minimum atomic E-state index is -1.12. The molecule has 1 aromatic carbocycles. The molecule has 2 bridgehead atoms. The molecule has 0 fully saturated rings. The number of unbranched alkanes of at least 4 members (excludes halogenated alkanes) is 4. The van der Waals surface area contributed by atoms with E-state index in [4.69, 9.17) is 4.74 Å². The van der Waals surface area contributed by atoms with E-state index in [0.29, 0.717) is 24.3 Å². The Hall–Kier alpha value is -3.90. The minimum absolute atomic E-state index is 0.0443. The Morgan fingerprint density at radius 3 is 2.54 bits per heavy atom. The Morgan fingerprint density at radius 1 is 1.04 bits per heavy atom. The summed E-state index contributed by atoms with van der Waals surface area (Å²) in [7, 11) is 0. The van der Waals surface area contributed by atoms with Gasteiger partial charge >= 0.3 is 5.97 Å². The molecule has 2 atom stereocenters. The summed E-state index contributed by atoms with van der Waals surface area (Å²) in [6, 6.07) is 11.4. The molecule has 0 aliphatic carbocycles. The Kier molecular flexibility index (Phi) is 17.0. The average Bonchev–Trinajstić information content (AvgIpc) is 3.08. The molecular weight excluding hydrogens is 649 g/mol. The van der Waals surface area contributed by atoms with Crippen LogP contribution in [0.25, 0.3) is 0 Å². The average molecular weight is 695 g/mol. The van der Waals surface area contributed by atoms with Crippen molar-refractivity contribution in [3.05, 3.63) is 83.3 Å². The number of ether oxygens (including phenoxy) is 1. The zero-order valence-corrected chi connectivity index (χ0v) is 29.6. The fourth-order valence-corrected chi connectivity index (χ4v) is 6.12. The number of carbonyl (C=O) groups excluding carboxylic acids is 5. The van der Waals surface area contributed by atoms with Crippen LogP contribution in [0.15, 0.2) is 71.3 Å². The van der Waals surface area contributed by atoms with Crippen molar-refractivity contribution < 1.29 is 28.7 Å². The molecule has 0 unspecified atom stereocenters. The van der Waals surface area contributed by atoms with E-state index in [1.54, 1.807) is 31.2 Å². The number of pyridine rings is 1. The second-order valence-electron chi connectivity index (χ2n) is 11.3. The summed E-state index contributed by atoms with van der Waals surface area (Å²) in [4.78, 5) is 70.7. The molecule has 1 aliphatic heterocycles. The van der Waals surface area contributed by atoms with Crippen LogP contribution in [-0.2, 0) is 36.9 Å². The molecule has 2 heterocycles. The highest BCUT2D eigenvalue weighted by molar-refractivity contribution is 8.13. The number of amides is 3. The first-order chi connectivity index (χ1) is 23.2. The number of allylic oxidation sites excluding steroid dienone is 2. The predicted octanol–water partition coefficient (Wildman–Crippen LogP) is 5.66. The van der Waals surface area contributed by atoms with Crippen LogP contribution < -0.4 is 16.0 Å². The standard InChI is InChI=1S/C36H46N4O6S2/c1-4-6-7-8-12-18-33(42)48-19-14-13-17-27-22-32(41)37-24-26-21-28(47-3)23-30(38-26)35(44)39-29(5-2)34(43)40-31(36(45)46-27)20-25-15-10-9-11-16-25/h5,9-11,13,15-17,21,23,27,31H,4,6-8,12,14,18-20,22,24H2,1-3H3,(H,37,41)(H,39,44)(H,40,43)/b17-13+,29-5-/t27-,31+/m1/s1. The quantitative estimate of drug-likeness (QED) is 0.0796. The molecule has 258 valence electrons. The lowest BCUT2D eigenvalue weighted by Crippen LogP contribution is -2.47. The first kappa shape index (κ1) is 38.5. The predicted molar refractivity (Wildman–Crippen MR) is 190 cm³/mol. The van der Waals surface area contributed by atoms with Crippen molar-refractivity contribution in [2.24, 2.45) is 0 Å². The van der Waals surface area contributed by atoms with Crippen LogP contribution >= 0.6 is 23.5 Å². The van der Waals surface area contributed by atoms with Crippen molar-refractivity contribution in [3.8, 4) is 0 Å². The second-order valence-corrected chi connectivity index (χ2v) is 13.3. The van der Waals surface area contributed by atoms with Gasteiger partial charge in [-0.15, -0.1) is 11.8 Å². The molecular formula is C36H46N4O6S2. The molecule has 1 aliphatic rings. The molecule has 2 aromatic rings. The van der Waals surface area contributed by atoms with Gasteiger partial charge in [0.25, 0.3) is 11.8 Å². The van der Waals surface area contributed by atoms with Gasteiger partial charge in [-0.1, -0.05) is 86.9 Å². The van der Waals surface area contributed by atoms with Crippen molar-refractivity contribution in [2.45, 2.75) is 95.2 Å². The Bertz CT molecular complexity index is 1460. The first-order valence-electron chi connectivity index (χ1n) is 16.4. The third-order valence-corrected chi connectivity index (χ3v) is 9.15. The van der Waals surface area contributed by atoms with Crippen LogP contribution in [0.2, 0.25) is 0 Å². The van der Waals surface area contributed by atoms with Crippen molar-refractivity contribution in [3.63, 3.8) is 0 Å². The smallest absolute Gasteiger partial charge is 0.329 e. The van der Waals surface area contributed by atoms with E-state index in [0.717, 1.165) is 36.1 Å². The van der Waals surface area contributed by atoms with Crippen LogP contribution in [-0.4, -0.2) is 57.9 Å². The Morgan fingerprint density at radius 2 is 1.81 bits per heavy atom. The Balaban J connectivity index is 1.81. The number of fused-ring (bicyclic) bond motifs is 2. The van der Waals surface area contributed by atoms with Crippen LogP contribution in [0, 0.1) is 0 Å². The van der Waals surface area contributed by atoms with Crippen LogP contribution in [0.5, 0.6) is 0 Å². The number of aromatic nitrogens is 1. The van der Waals surface area contributed by atoms with Crippen molar-refractivity contribution in [1.29, 1.82) is 0 Å². The maximum atomic E-state index is 13.6. The van der Waals surface area contributed by atoms with Gasteiger partial charge in [0, 0.05) is 23.5 Å². The van der Waals surface area contributed by atoms with Gasteiger partial charge in [0.15, 0.2) is 5.12 Å². The SMILES string of the molecule is C/C=C1\NC(=O)c2cc(SC)cc(n2)CNC(=O)C[C@@H](/C=C/CCSC(=O)CCCCCCC)OC(=O)[C@H](Cc2ccccc2)NC1=O. The minimum Gasteiger partial charge on any atom is -0.456 e. The van der Waals surface area contributed by atoms with Crippen molar-refractivity contribution in [1.82, 2.24) is 20.9 Å². The maximum absolute atomic E-state index is 13.6. The molecule has 12 heteroatoms. The monoisotopic (exact) mass is 694 g/mol. The lowest BCUT2D eigenvalue weighted by molar-refractivity contribution is -0.151. The molecule has 3 amide bonds. The van der Waals surface area contributed by atoms with Gasteiger partial charge in [0.2, 0.25) is 5.91 Å². The highest BCUT2D eigenvalue weighted by Crippen LogP contribution is 2.18. The van der Waals surface area contributed by atoms with Crippen LogP contribution in [0.1, 0.15) is 87.0 Å². The fraction of sp³-hybridized carbons (Fsp3) is 0.444. The number of benzene rings is 1. The van der Waals surface area contributed by atoms with E-state index in [-0.39, 0.29) is 41.8 Å². The topological polar surface area (TPSA) is 144 Å². The van der Waals surface area contributed by atoms with E-state index in [9.17, 15) is 24.0 Å². The van der Waals surface area contributed by atoms with Gasteiger partial charge in [-0.05, 0) is 49.8 Å². The highest BCUT2D eigenvalue weighted by atomic mass is 32.2. The number of hydrogen-bond acceptors (Lipinski definition) is 9. The molecule has 0 saturated heterocycles. The van der Waals surface area contributed by atoms with Gasteiger partial charge < -0.3 is 20.7 Å². The summed E-state index contributed by atoms with van der Waals surface area (Å²) in [5.41, 5.74) is 1.27. The fourth-order valence-electron chi connectivity index (χ4n) is 4.87. The third-order valence-electron chi connectivity index (χ3n) is 7.48. The molecule has 10 nitrogen and oxygen atoms in total. The summed E-state index contributed by atoms with van der Waals surface area (Å²) in [5.74, 6) is -1.82. The third kappa shape index (κ3) is 13.7. The number of esters is 1. The number of rotatable bonds is 13. The van der Waals surface area contributed by atoms with Gasteiger partial charge in [-0.25, -0.2) is 9.78 Å². The summed E-state index contributed by atoms with van der Waals surface area (Å²) < 4.78 is 5.84. The van der Waals surface area contributed by atoms with Crippen LogP contribution in [0.4, 0.5) is 0 Å². The zero-order chi connectivity index (χ0) is 34.7. The second kappa shape index (κ2) is 21.1. The number of nitrogens with zero attached hydrogens (tertiary/aromatic N) is 1. The molecule has 0 radical (unpaired) electrons. The number of nitrogens with one attached hydrogen (secondary N) is 3. The molecule has 0 saturated carbocycles. The lowest BCUT2D eigenvalue weighted by Gasteiger charge is -2.22. The lowest BCUT2D eigenvalue weighted by atomic mass is 10.1. The molecule has 48 heavy (non-hydrogen) atoms. The molecule has 1 aromatic heterocycles. The Labute approximate surface area is 291 Å². The van der Waals surface area contributed by atoms with E-state index in [2.05, 4.69) is 27.9 Å². The molecule has 3 rings (SSSR count). The number of carbonyl (C=O) groups is 5. The van der Waals surface area contributed by atoms with Gasteiger partial charge in [0.05, 0.1) is 18.7 Å². The number of thioether (sulfide) groups is 2.